The van der Waals surface area contributed by atoms with Crippen LogP contribution in [-0.4, -0.2) is 49.5 Å². The lowest BCUT2D eigenvalue weighted by Crippen LogP contribution is -2.51. The maximum atomic E-state index is 13.4. The van der Waals surface area contributed by atoms with Gasteiger partial charge in [-0.25, -0.2) is 4.39 Å². The van der Waals surface area contributed by atoms with Gasteiger partial charge in [-0.3, -0.25) is 9.59 Å². The van der Waals surface area contributed by atoms with E-state index in [4.69, 9.17) is 4.74 Å². The van der Waals surface area contributed by atoms with Crippen LogP contribution in [0.5, 0.6) is 5.75 Å². The fourth-order valence-electron chi connectivity index (χ4n) is 4.75. The number of carbonyl (C=O) groups is 2. The van der Waals surface area contributed by atoms with Gasteiger partial charge in [0.2, 0.25) is 11.8 Å². The lowest BCUT2D eigenvalue weighted by atomic mass is 9.85. The average Bonchev–Trinajstić information content (AvgIpc) is 2.91. The van der Waals surface area contributed by atoms with Gasteiger partial charge < -0.3 is 20.3 Å². The highest BCUT2D eigenvalue weighted by Crippen LogP contribution is 2.30. The number of halogens is 1. The molecular weight excluding hydrogens is 457 g/mol. The number of nitrogens with zero attached hydrogens (tertiary/aromatic N) is 1. The zero-order chi connectivity index (χ0) is 25.5. The minimum absolute atomic E-state index is 0.0162. The molecule has 0 bridgehead atoms. The first-order valence-electron chi connectivity index (χ1n) is 12.2. The minimum Gasteiger partial charge on any atom is -0.496 e. The molecule has 1 aliphatic heterocycles. The van der Waals surface area contributed by atoms with Crippen molar-refractivity contribution in [3.63, 3.8) is 0 Å². The van der Waals surface area contributed by atoms with Crippen molar-refractivity contribution >= 4 is 11.8 Å². The fraction of sp³-hybridized carbons (Fsp3) is 0.310. The molecule has 3 aromatic rings. The Morgan fingerprint density at radius 3 is 2.44 bits per heavy atom. The molecule has 2 N–H and O–H groups in total. The monoisotopic (exact) mass is 489 g/mol. The van der Waals surface area contributed by atoms with Crippen LogP contribution < -0.4 is 15.4 Å². The number of rotatable bonds is 8. The second-order valence-corrected chi connectivity index (χ2v) is 9.08. The van der Waals surface area contributed by atoms with Crippen LogP contribution in [0.3, 0.4) is 0 Å². The van der Waals surface area contributed by atoms with Gasteiger partial charge in [0.05, 0.1) is 13.7 Å². The molecule has 4 rings (SSSR count). The van der Waals surface area contributed by atoms with Crippen molar-refractivity contribution in [2.75, 3.05) is 26.7 Å². The number of amides is 2. The van der Waals surface area contributed by atoms with E-state index in [1.54, 1.807) is 19.2 Å². The van der Waals surface area contributed by atoms with Crippen molar-refractivity contribution in [1.82, 2.24) is 15.5 Å². The highest BCUT2D eigenvalue weighted by atomic mass is 19.1. The number of ether oxygens (including phenoxy) is 1. The summed E-state index contributed by atoms with van der Waals surface area (Å²) in [5.74, 6) is 0.345. The maximum absolute atomic E-state index is 13.4. The summed E-state index contributed by atoms with van der Waals surface area (Å²) in [6.07, 6.45) is 0.783. The molecule has 1 aliphatic rings. The minimum atomic E-state index is -0.261. The second kappa shape index (κ2) is 11.8. The molecule has 188 valence electrons. The number of hydrogen-bond acceptors (Lipinski definition) is 4. The van der Waals surface area contributed by atoms with Crippen LogP contribution in [0.25, 0.3) is 11.1 Å². The van der Waals surface area contributed by atoms with Crippen LogP contribution in [0.2, 0.25) is 0 Å². The third kappa shape index (κ3) is 6.29. The van der Waals surface area contributed by atoms with Gasteiger partial charge in [0, 0.05) is 44.1 Å². The predicted molar refractivity (Wildman–Crippen MR) is 138 cm³/mol. The number of hydrogen-bond donors (Lipinski definition) is 2. The van der Waals surface area contributed by atoms with Gasteiger partial charge in [0.15, 0.2) is 0 Å². The summed E-state index contributed by atoms with van der Waals surface area (Å²) in [4.78, 5) is 25.8. The van der Waals surface area contributed by atoms with Crippen LogP contribution >= 0.6 is 0 Å². The Hall–Kier alpha value is -3.71. The topological polar surface area (TPSA) is 70.7 Å². The molecule has 1 heterocycles. The summed E-state index contributed by atoms with van der Waals surface area (Å²) in [5, 5.41) is 6.32. The number of piperidine rings is 1. The molecule has 0 radical (unpaired) electrons. The van der Waals surface area contributed by atoms with E-state index in [0.29, 0.717) is 19.6 Å². The summed E-state index contributed by atoms with van der Waals surface area (Å²) < 4.78 is 19.0. The summed E-state index contributed by atoms with van der Waals surface area (Å²) in [6.45, 7) is 3.21. The quantitative estimate of drug-likeness (QED) is 0.500. The Morgan fingerprint density at radius 1 is 1.03 bits per heavy atom. The molecule has 2 atom stereocenters. The van der Waals surface area contributed by atoms with E-state index < -0.39 is 0 Å². The van der Waals surface area contributed by atoms with E-state index in [1.807, 2.05) is 35.2 Å². The van der Waals surface area contributed by atoms with Crippen molar-refractivity contribution in [3.05, 3.63) is 89.7 Å². The molecular formula is C29H32FN3O3. The predicted octanol–water partition coefficient (Wildman–Crippen LogP) is 4.11. The molecule has 3 aromatic carbocycles. The number of benzene rings is 3. The van der Waals surface area contributed by atoms with Crippen molar-refractivity contribution in [2.45, 2.75) is 31.8 Å². The third-order valence-corrected chi connectivity index (χ3v) is 6.69. The molecule has 0 unspecified atom stereocenters. The average molecular weight is 490 g/mol. The Kier molecular flexibility index (Phi) is 8.33. The number of likely N-dealkylation sites (tertiary alicyclic amines) is 1. The van der Waals surface area contributed by atoms with Crippen LogP contribution in [0.15, 0.2) is 72.8 Å². The van der Waals surface area contributed by atoms with Crippen LogP contribution in [-0.2, 0) is 16.1 Å². The van der Waals surface area contributed by atoms with Crippen molar-refractivity contribution < 1.29 is 18.7 Å². The molecule has 6 nitrogen and oxygen atoms in total. The largest absolute Gasteiger partial charge is 0.496 e. The van der Waals surface area contributed by atoms with Crippen molar-refractivity contribution in [1.29, 1.82) is 0 Å². The zero-order valence-electron chi connectivity index (χ0n) is 20.7. The first-order valence-corrected chi connectivity index (χ1v) is 12.2. The van der Waals surface area contributed by atoms with E-state index in [0.717, 1.165) is 28.9 Å². The SMILES string of the molecule is COc1ccc(-c2ccc(F)cc2)cc1CN[C@H]1CCN(C(=O)CNC(C)=O)C[C@H]1c1ccccc1. The van der Waals surface area contributed by atoms with Gasteiger partial charge in [-0.2, -0.15) is 0 Å². The summed E-state index contributed by atoms with van der Waals surface area (Å²) in [7, 11) is 1.66. The van der Waals surface area contributed by atoms with E-state index >= 15 is 0 Å². The number of methoxy groups -OCH3 is 1. The Bertz CT molecular complexity index is 1180. The van der Waals surface area contributed by atoms with Gasteiger partial charge >= 0.3 is 0 Å². The Labute approximate surface area is 211 Å². The molecule has 0 aromatic heterocycles. The molecule has 1 saturated heterocycles. The zero-order valence-corrected chi connectivity index (χ0v) is 20.7. The number of carbonyl (C=O) groups excluding carboxylic acids is 2. The van der Waals surface area contributed by atoms with Crippen LogP contribution in [0, 0.1) is 5.82 Å². The first kappa shape index (κ1) is 25.4. The van der Waals surface area contributed by atoms with Crippen LogP contribution in [0.1, 0.15) is 30.4 Å². The molecule has 36 heavy (non-hydrogen) atoms. The molecule has 0 saturated carbocycles. The Morgan fingerprint density at radius 2 is 1.75 bits per heavy atom. The Balaban J connectivity index is 1.51. The van der Waals surface area contributed by atoms with E-state index in [-0.39, 0.29) is 36.1 Å². The summed E-state index contributed by atoms with van der Waals surface area (Å²) >= 11 is 0. The van der Waals surface area contributed by atoms with E-state index in [9.17, 15) is 14.0 Å². The molecule has 1 fully saturated rings. The molecule has 2 amide bonds. The van der Waals surface area contributed by atoms with E-state index in [1.165, 1.54) is 24.6 Å². The fourth-order valence-corrected chi connectivity index (χ4v) is 4.75. The second-order valence-electron chi connectivity index (χ2n) is 9.08. The smallest absolute Gasteiger partial charge is 0.241 e. The van der Waals surface area contributed by atoms with Crippen molar-refractivity contribution in [2.24, 2.45) is 0 Å². The maximum Gasteiger partial charge on any atom is 0.241 e. The summed E-state index contributed by atoms with van der Waals surface area (Å²) in [6, 6.07) is 22.8. The molecule has 0 spiro atoms. The van der Waals surface area contributed by atoms with Crippen molar-refractivity contribution in [3.8, 4) is 16.9 Å². The normalized spacial score (nSPS) is 17.5. The molecule has 7 heteroatoms. The van der Waals surface area contributed by atoms with Gasteiger partial charge in [-0.05, 0) is 47.4 Å². The van der Waals surface area contributed by atoms with Gasteiger partial charge in [-0.15, -0.1) is 0 Å². The lowest BCUT2D eigenvalue weighted by molar-refractivity contribution is -0.133. The first-order chi connectivity index (χ1) is 17.4. The highest BCUT2D eigenvalue weighted by molar-refractivity contribution is 5.83. The highest BCUT2D eigenvalue weighted by Gasteiger charge is 2.32. The number of nitrogens with one attached hydrogen (secondary N) is 2. The van der Waals surface area contributed by atoms with Gasteiger partial charge in [0.1, 0.15) is 11.6 Å². The van der Waals surface area contributed by atoms with Gasteiger partial charge in [-0.1, -0.05) is 48.5 Å². The molecule has 0 aliphatic carbocycles. The van der Waals surface area contributed by atoms with E-state index in [2.05, 4.69) is 28.8 Å². The summed E-state index contributed by atoms with van der Waals surface area (Å²) in [5.41, 5.74) is 4.11. The van der Waals surface area contributed by atoms with Crippen LogP contribution in [0.4, 0.5) is 4.39 Å². The lowest BCUT2D eigenvalue weighted by Gasteiger charge is -2.39. The third-order valence-electron chi connectivity index (χ3n) is 6.69. The standard InChI is InChI=1S/C29H32FN3O3/c1-20(34)31-18-29(35)33-15-14-27(26(19-33)22-6-4-3-5-7-22)32-17-24-16-23(10-13-28(24)36-2)21-8-11-25(30)12-9-21/h3-13,16,26-27,32H,14-15,17-19H2,1-2H3,(H,31,34)/t26-,27-/m0/s1. The van der Waals surface area contributed by atoms with Gasteiger partial charge in [0.25, 0.3) is 0 Å².